The van der Waals surface area contributed by atoms with Gasteiger partial charge in [0.15, 0.2) is 0 Å². The van der Waals surface area contributed by atoms with E-state index >= 15 is 0 Å². The molecule has 1 atom stereocenters. The van der Waals surface area contributed by atoms with Gasteiger partial charge in [-0.3, -0.25) is 10.1 Å². The van der Waals surface area contributed by atoms with Crippen molar-refractivity contribution < 1.29 is 4.92 Å². The number of unbranched alkanes of at least 4 members (excludes halogenated alkanes) is 4. The summed E-state index contributed by atoms with van der Waals surface area (Å²) in [6.45, 7) is 6.09. The van der Waals surface area contributed by atoms with Crippen LogP contribution in [-0.4, -0.2) is 11.0 Å². The minimum absolute atomic E-state index is 0.163. The highest BCUT2D eigenvalue weighted by molar-refractivity contribution is 9.10. The monoisotopic (exact) mass is 356 g/mol. The van der Waals surface area contributed by atoms with Crippen molar-refractivity contribution in [3.8, 4) is 0 Å². The fourth-order valence-corrected chi connectivity index (χ4v) is 2.93. The van der Waals surface area contributed by atoms with Crippen LogP contribution in [0, 0.1) is 17.0 Å². The molecule has 1 aromatic rings. The van der Waals surface area contributed by atoms with Gasteiger partial charge in [-0.2, -0.15) is 0 Å². The van der Waals surface area contributed by atoms with Crippen molar-refractivity contribution >= 4 is 27.3 Å². The summed E-state index contributed by atoms with van der Waals surface area (Å²) in [4.78, 5) is 10.7. The Morgan fingerprint density at radius 1 is 1.29 bits per heavy atom. The quantitative estimate of drug-likeness (QED) is 0.344. The van der Waals surface area contributed by atoms with E-state index in [1.807, 2.05) is 0 Å². The topological polar surface area (TPSA) is 55.2 Å². The van der Waals surface area contributed by atoms with Crippen LogP contribution in [0.4, 0.5) is 11.4 Å². The fourth-order valence-electron chi connectivity index (χ4n) is 2.36. The van der Waals surface area contributed by atoms with Crippen molar-refractivity contribution in [2.24, 2.45) is 0 Å². The van der Waals surface area contributed by atoms with Crippen molar-refractivity contribution in [2.45, 2.75) is 65.3 Å². The molecule has 0 aliphatic rings. The van der Waals surface area contributed by atoms with Gasteiger partial charge < -0.3 is 5.32 Å². The van der Waals surface area contributed by atoms with E-state index in [0.29, 0.717) is 11.6 Å². The summed E-state index contributed by atoms with van der Waals surface area (Å²) in [6.07, 6.45) is 7.39. The Kier molecular flexibility index (Phi) is 7.72. The van der Waals surface area contributed by atoms with E-state index in [1.54, 1.807) is 19.1 Å². The molecule has 0 aliphatic carbocycles. The van der Waals surface area contributed by atoms with Gasteiger partial charge in [0, 0.05) is 22.1 Å². The lowest BCUT2D eigenvalue weighted by Crippen LogP contribution is -2.15. The average molecular weight is 357 g/mol. The number of nitrogens with zero attached hydrogens (tertiary/aromatic N) is 1. The van der Waals surface area contributed by atoms with Crippen LogP contribution in [-0.2, 0) is 0 Å². The second kappa shape index (κ2) is 9.03. The lowest BCUT2D eigenvalue weighted by Gasteiger charge is -2.17. The highest BCUT2D eigenvalue weighted by atomic mass is 79.9. The minimum atomic E-state index is -0.331. The summed E-state index contributed by atoms with van der Waals surface area (Å²) < 4.78 is 0.878. The first-order chi connectivity index (χ1) is 9.95. The third kappa shape index (κ3) is 6.04. The normalized spacial score (nSPS) is 12.2. The number of nitro groups is 1. The molecule has 5 heteroatoms. The molecule has 1 rings (SSSR count). The Morgan fingerprint density at radius 3 is 2.57 bits per heavy atom. The molecule has 0 saturated heterocycles. The number of hydrogen-bond acceptors (Lipinski definition) is 3. The number of anilines is 1. The van der Waals surface area contributed by atoms with E-state index in [-0.39, 0.29) is 10.6 Å². The number of nitrogens with one attached hydrogen (secondary N) is 1. The zero-order valence-corrected chi connectivity index (χ0v) is 14.7. The van der Waals surface area contributed by atoms with Crippen LogP contribution in [0.5, 0.6) is 0 Å². The van der Waals surface area contributed by atoms with Crippen LogP contribution in [0.15, 0.2) is 16.6 Å². The molecule has 0 aromatic heterocycles. The van der Waals surface area contributed by atoms with Gasteiger partial charge in [-0.25, -0.2) is 0 Å². The highest BCUT2D eigenvalue weighted by Gasteiger charge is 2.15. The summed E-state index contributed by atoms with van der Waals surface area (Å²) in [5.74, 6) is 0. The van der Waals surface area contributed by atoms with Gasteiger partial charge in [-0.05, 0) is 42.3 Å². The zero-order valence-electron chi connectivity index (χ0n) is 13.1. The van der Waals surface area contributed by atoms with Crippen molar-refractivity contribution in [2.75, 3.05) is 5.32 Å². The number of aryl methyl sites for hydroxylation is 1. The maximum absolute atomic E-state index is 11.0. The second-order valence-corrected chi connectivity index (χ2v) is 6.48. The van der Waals surface area contributed by atoms with Gasteiger partial charge in [0.1, 0.15) is 0 Å². The molecular formula is C16H25BrN2O2. The Labute approximate surface area is 135 Å². The van der Waals surface area contributed by atoms with Crippen molar-refractivity contribution in [3.63, 3.8) is 0 Å². The molecule has 0 fully saturated rings. The Balaban J connectivity index is 2.57. The van der Waals surface area contributed by atoms with E-state index in [4.69, 9.17) is 0 Å². The number of nitro benzene ring substituents is 1. The van der Waals surface area contributed by atoms with Crippen LogP contribution >= 0.6 is 15.9 Å². The van der Waals surface area contributed by atoms with Gasteiger partial charge in [0.25, 0.3) is 5.69 Å². The molecule has 0 heterocycles. The first kappa shape index (κ1) is 18.0. The molecule has 0 aliphatic heterocycles. The SMILES string of the molecule is CCCCCCCC(C)Nc1cc([N+](=O)[O-])c(C)cc1Br. The molecule has 0 radical (unpaired) electrons. The predicted molar refractivity (Wildman–Crippen MR) is 92.0 cm³/mol. The second-order valence-electron chi connectivity index (χ2n) is 5.62. The molecule has 1 aromatic carbocycles. The van der Waals surface area contributed by atoms with E-state index in [9.17, 15) is 10.1 Å². The lowest BCUT2D eigenvalue weighted by atomic mass is 10.1. The van der Waals surface area contributed by atoms with E-state index in [2.05, 4.69) is 35.1 Å². The number of benzene rings is 1. The van der Waals surface area contributed by atoms with Gasteiger partial charge in [-0.15, -0.1) is 0 Å². The van der Waals surface area contributed by atoms with E-state index in [1.165, 1.54) is 32.1 Å². The molecule has 0 amide bonds. The summed E-state index contributed by atoms with van der Waals surface area (Å²) >= 11 is 3.48. The van der Waals surface area contributed by atoms with Gasteiger partial charge in [0.2, 0.25) is 0 Å². The van der Waals surface area contributed by atoms with Crippen molar-refractivity contribution in [1.29, 1.82) is 0 Å². The largest absolute Gasteiger partial charge is 0.381 e. The summed E-state index contributed by atoms with van der Waals surface area (Å²) in [5.41, 5.74) is 1.63. The third-order valence-corrected chi connectivity index (χ3v) is 4.28. The molecule has 21 heavy (non-hydrogen) atoms. The molecule has 0 spiro atoms. The number of rotatable bonds is 9. The predicted octanol–water partition coefficient (Wildman–Crippen LogP) is 5.83. The van der Waals surface area contributed by atoms with Crippen molar-refractivity contribution in [3.05, 3.63) is 32.3 Å². The number of halogens is 1. The number of hydrogen-bond donors (Lipinski definition) is 1. The van der Waals surface area contributed by atoms with Gasteiger partial charge in [-0.1, -0.05) is 39.0 Å². The standard InChI is InChI=1S/C16H25BrN2O2/c1-4-5-6-7-8-9-13(3)18-15-11-16(19(20)21)12(2)10-14(15)17/h10-11,13,18H,4-9H2,1-3H3. The van der Waals surface area contributed by atoms with Crippen molar-refractivity contribution in [1.82, 2.24) is 0 Å². The molecule has 0 saturated carbocycles. The van der Waals surface area contributed by atoms with Gasteiger partial charge in [0.05, 0.1) is 10.6 Å². The lowest BCUT2D eigenvalue weighted by molar-refractivity contribution is -0.385. The van der Waals surface area contributed by atoms with Gasteiger partial charge >= 0.3 is 0 Å². The molecular weight excluding hydrogens is 332 g/mol. The van der Waals surface area contributed by atoms with E-state index < -0.39 is 0 Å². The van der Waals surface area contributed by atoms with Crippen LogP contribution in [0.2, 0.25) is 0 Å². The van der Waals surface area contributed by atoms with Crippen LogP contribution in [0.1, 0.15) is 57.9 Å². The summed E-state index contributed by atoms with van der Waals surface area (Å²) in [5, 5.41) is 14.4. The highest BCUT2D eigenvalue weighted by Crippen LogP contribution is 2.31. The fraction of sp³-hybridized carbons (Fsp3) is 0.625. The molecule has 1 unspecified atom stereocenters. The third-order valence-electron chi connectivity index (χ3n) is 3.62. The zero-order chi connectivity index (χ0) is 15.8. The maximum atomic E-state index is 11.0. The van der Waals surface area contributed by atoms with Crippen LogP contribution in [0.3, 0.4) is 0 Å². The summed E-state index contributed by atoms with van der Waals surface area (Å²) in [6, 6.07) is 3.73. The molecule has 0 bridgehead atoms. The molecule has 4 nitrogen and oxygen atoms in total. The first-order valence-corrected chi connectivity index (χ1v) is 8.46. The minimum Gasteiger partial charge on any atom is -0.381 e. The van der Waals surface area contributed by atoms with Crippen LogP contribution < -0.4 is 5.32 Å². The summed E-state index contributed by atoms with van der Waals surface area (Å²) in [7, 11) is 0. The van der Waals surface area contributed by atoms with Crippen LogP contribution in [0.25, 0.3) is 0 Å². The Hall–Kier alpha value is -1.10. The average Bonchev–Trinajstić information content (AvgIpc) is 2.41. The Bertz CT molecular complexity index is 478. The maximum Gasteiger partial charge on any atom is 0.274 e. The molecule has 118 valence electrons. The van der Waals surface area contributed by atoms with E-state index in [0.717, 1.165) is 16.6 Å². The molecule has 1 N–H and O–H groups in total. The Morgan fingerprint density at radius 2 is 1.95 bits per heavy atom. The smallest absolute Gasteiger partial charge is 0.274 e. The first-order valence-electron chi connectivity index (χ1n) is 7.66.